The van der Waals surface area contributed by atoms with E-state index < -0.39 is 0 Å². The molecule has 0 bridgehead atoms. The summed E-state index contributed by atoms with van der Waals surface area (Å²) in [5, 5.41) is 0. The molecule has 0 heterocycles. The Bertz CT molecular complexity index is 222. The highest BCUT2D eigenvalue weighted by Crippen LogP contribution is 2.38. The van der Waals surface area contributed by atoms with Gasteiger partial charge < -0.3 is 10.5 Å². The first kappa shape index (κ1) is 13.4. The highest BCUT2D eigenvalue weighted by molar-refractivity contribution is 4.89. The van der Waals surface area contributed by atoms with Gasteiger partial charge in [-0.3, -0.25) is 0 Å². The minimum absolute atomic E-state index is 0.0281. The van der Waals surface area contributed by atoms with Gasteiger partial charge in [-0.25, -0.2) is 0 Å². The fourth-order valence-electron chi connectivity index (χ4n) is 3.09. The van der Waals surface area contributed by atoms with Crippen molar-refractivity contribution in [3.05, 3.63) is 0 Å². The van der Waals surface area contributed by atoms with Gasteiger partial charge in [0, 0.05) is 13.2 Å². The maximum Gasteiger partial charge on any atom is 0.0804 e. The van der Waals surface area contributed by atoms with Crippen molar-refractivity contribution in [3.8, 4) is 0 Å². The lowest BCUT2D eigenvalue weighted by Crippen LogP contribution is -2.44. The van der Waals surface area contributed by atoms with Crippen molar-refractivity contribution in [2.24, 2.45) is 23.5 Å². The Morgan fingerprint density at radius 2 is 1.82 bits per heavy atom. The molecule has 0 aromatic carbocycles. The monoisotopic (exact) mass is 239 g/mol. The largest absolute Gasteiger partial charge is 0.374 e. The van der Waals surface area contributed by atoms with Crippen LogP contribution in [-0.4, -0.2) is 18.8 Å². The Hall–Kier alpha value is -0.0800. The van der Waals surface area contributed by atoms with E-state index in [-0.39, 0.29) is 5.60 Å². The third-order valence-corrected chi connectivity index (χ3v) is 4.89. The maximum atomic E-state index is 6.17. The van der Waals surface area contributed by atoms with E-state index in [2.05, 4.69) is 13.8 Å². The summed E-state index contributed by atoms with van der Waals surface area (Å²) < 4.78 is 6.17. The Morgan fingerprint density at radius 3 is 2.29 bits per heavy atom. The number of ether oxygens (including phenoxy) is 1. The predicted molar refractivity (Wildman–Crippen MR) is 71.9 cm³/mol. The summed E-state index contributed by atoms with van der Waals surface area (Å²) in [5.74, 6) is 2.68. The molecule has 0 aromatic heterocycles. The van der Waals surface area contributed by atoms with Gasteiger partial charge in [-0.15, -0.1) is 0 Å². The fraction of sp³-hybridized carbons (Fsp3) is 1.00. The first-order valence-electron chi connectivity index (χ1n) is 7.49. The van der Waals surface area contributed by atoms with Crippen molar-refractivity contribution in [1.29, 1.82) is 0 Å². The van der Waals surface area contributed by atoms with Crippen LogP contribution in [0.2, 0.25) is 0 Å². The number of nitrogens with two attached hydrogens (primary N) is 1. The third kappa shape index (κ3) is 3.69. The van der Waals surface area contributed by atoms with E-state index in [1.807, 2.05) is 0 Å². The zero-order valence-electron chi connectivity index (χ0n) is 11.6. The highest BCUT2D eigenvalue weighted by atomic mass is 16.5. The molecule has 2 saturated carbocycles. The van der Waals surface area contributed by atoms with E-state index in [0.717, 1.165) is 24.4 Å². The van der Waals surface area contributed by atoms with Crippen LogP contribution in [0.15, 0.2) is 0 Å². The van der Waals surface area contributed by atoms with Crippen LogP contribution in [-0.2, 0) is 4.74 Å². The average molecular weight is 239 g/mol. The molecule has 0 unspecified atom stereocenters. The molecule has 0 aromatic rings. The molecular weight excluding hydrogens is 210 g/mol. The molecule has 0 aliphatic heterocycles. The first-order chi connectivity index (χ1) is 8.15. The van der Waals surface area contributed by atoms with Crippen molar-refractivity contribution < 1.29 is 4.74 Å². The Balaban J connectivity index is 1.75. The minimum atomic E-state index is 0.0281. The third-order valence-electron chi connectivity index (χ3n) is 4.89. The van der Waals surface area contributed by atoms with Crippen molar-refractivity contribution in [3.63, 3.8) is 0 Å². The first-order valence-corrected chi connectivity index (χ1v) is 7.49. The zero-order chi connectivity index (χ0) is 12.3. The fourth-order valence-corrected chi connectivity index (χ4v) is 3.09. The van der Waals surface area contributed by atoms with E-state index in [1.54, 1.807) is 0 Å². The summed E-state index contributed by atoms with van der Waals surface area (Å²) in [6.07, 6.45) is 9.07. The van der Waals surface area contributed by atoms with Crippen LogP contribution in [0.25, 0.3) is 0 Å². The molecule has 2 fully saturated rings. The lowest BCUT2D eigenvalue weighted by molar-refractivity contribution is -0.0762. The lowest BCUT2D eigenvalue weighted by atomic mass is 9.74. The van der Waals surface area contributed by atoms with E-state index in [9.17, 15) is 0 Å². The summed E-state index contributed by atoms with van der Waals surface area (Å²) in [5.41, 5.74) is 6.00. The maximum absolute atomic E-state index is 6.17. The van der Waals surface area contributed by atoms with Crippen molar-refractivity contribution >= 4 is 0 Å². The molecule has 2 aliphatic rings. The van der Waals surface area contributed by atoms with E-state index in [1.165, 1.54) is 44.9 Å². The van der Waals surface area contributed by atoms with Crippen LogP contribution >= 0.6 is 0 Å². The van der Waals surface area contributed by atoms with Crippen LogP contribution in [0.3, 0.4) is 0 Å². The van der Waals surface area contributed by atoms with Gasteiger partial charge >= 0.3 is 0 Å². The molecule has 17 heavy (non-hydrogen) atoms. The molecule has 100 valence electrons. The SMILES string of the molecule is CC(C)C1CCC(CN)(OCCC2CC2)CC1. The van der Waals surface area contributed by atoms with Crippen LogP contribution < -0.4 is 5.73 Å². The van der Waals surface area contributed by atoms with Crippen LogP contribution in [0.4, 0.5) is 0 Å². The quantitative estimate of drug-likeness (QED) is 0.771. The molecule has 2 rings (SSSR count). The molecular formula is C15H29NO. The van der Waals surface area contributed by atoms with Gasteiger partial charge in [0.2, 0.25) is 0 Å². The second kappa shape index (κ2) is 5.71. The Kier molecular flexibility index (Phi) is 4.48. The Labute approximate surface area is 106 Å². The standard InChI is InChI=1S/C15H29NO/c1-12(2)14-5-8-15(11-16,9-6-14)17-10-7-13-3-4-13/h12-14H,3-11,16H2,1-2H3. The van der Waals surface area contributed by atoms with E-state index in [4.69, 9.17) is 10.5 Å². The summed E-state index contributed by atoms with van der Waals surface area (Å²) >= 11 is 0. The molecule has 2 nitrogen and oxygen atoms in total. The molecule has 0 amide bonds. The second-order valence-electron chi connectivity index (χ2n) is 6.55. The van der Waals surface area contributed by atoms with Crippen molar-refractivity contribution in [2.45, 2.75) is 64.4 Å². The molecule has 2 N–H and O–H groups in total. The highest BCUT2D eigenvalue weighted by Gasteiger charge is 2.36. The molecule has 0 atom stereocenters. The van der Waals surface area contributed by atoms with Gasteiger partial charge in [-0.1, -0.05) is 26.7 Å². The predicted octanol–water partition coefficient (Wildman–Crippen LogP) is 3.35. The van der Waals surface area contributed by atoms with Crippen LogP contribution in [0.5, 0.6) is 0 Å². The molecule has 2 aliphatic carbocycles. The van der Waals surface area contributed by atoms with Gasteiger partial charge in [-0.2, -0.15) is 0 Å². The minimum Gasteiger partial charge on any atom is -0.374 e. The summed E-state index contributed by atoms with van der Waals surface area (Å²) in [4.78, 5) is 0. The normalized spacial score (nSPS) is 34.2. The summed E-state index contributed by atoms with van der Waals surface area (Å²) in [6, 6.07) is 0. The van der Waals surface area contributed by atoms with Gasteiger partial charge in [0.15, 0.2) is 0 Å². The Morgan fingerprint density at radius 1 is 1.18 bits per heavy atom. The second-order valence-corrected chi connectivity index (χ2v) is 6.55. The number of hydrogen-bond acceptors (Lipinski definition) is 2. The van der Waals surface area contributed by atoms with Crippen LogP contribution in [0, 0.1) is 17.8 Å². The number of rotatable bonds is 6. The van der Waals surface area contributed by atoms with E-state index >= 15 is 0 Å². The van der Waals surface area contributed by atoms with Crippen molar-refractivity contribution in [2.75, 3.05) is 13.2 Å². The number of hydrogen-bond donors (Lipinski definition) is 1. The smallest absolute Gasteiger partial charge is 0.0804 e. The average Bonchev–Trinajstić information content (AvgIpc) is 3.14. The van der Waals surface area contributed by atoms with E-state index in [0.29, 0.717) is 6.54 Å². The topological polar surface area (TPSA) is 35.2 Å². The van der Waals surface area contributed by atoms with Gasteiger partial charge in [0.25, 0.3) is 0 Å². The molecule has 0 spiro atoms. The molecule has 2 heteroatoms. The summed E-state index contributed by atoms with van der Waals surface area (Å²) in [7, 11) is 0. The summed E-state index contributed by atoms with van der Waals surface area (Å²) in [6.45, 7) is 6.33. The lowest BCUT2D eigenvalue weighted by Gasteiger charge is -2.40. The molecule has 0 saturated heterocycles. The zero-order valence-corrected chi connectivity index (χ0v) is 11.6. The van der Waals surface area contributed by atoms with Gasteiger partial charge in [-0.05, 0) is 49.9 Å². The van der Waals surface area contributed by atoms with Crippen molar-refractivity contribution in [1.82, 2.24) is 0 Å². The molecule has 0 radical (unpaired) electrons. The van der Waals surface area contributed by atoms with Crippen LogP contribution in [0.1, 0.15) is 58.8 Å². The van der Waals surface area contributed by atoms with Gasteiger partial charge in [0.1, 0.15) is 0 Å². The van der Waals surface area contributed by atoms with Gasteiger partial charge in [0.05, 0.1) is 5.60 Å².